The summed E-state index contributed by atoms with van der Waals surface area (Å²) in [4.78, 5) is 2.47. The molecule has 3 aliphatic rings. The van der Waals surface area contributed by atoms with Crippen LogP contribution in [0.15, 0.2) is 205 Å². The smallest absolute Gasteiger partial charge is 0.135 e. The van der Waals surface area contributed by atoms with Crippen molar-refractivity contribution in [3.63, 3.8) is 0 Å². The van der Waals surface area contributed by atoms with Crippen molar-refractivity contribution in [2.45, 2.75) is 24.7 Å². The summed E-state index contributed by atoms with van der Waals surface area (Å²) >= 11 is 0. The topological polar surface area (TPSA) is 16.4 Å². The van der Waals surface area contributed by atoms with E-state index in [9.17, 15) is 0 Å². The Morgan fingerprint density at radius 2 is 0.717 bits per heavy atom. The molecule has 0 aliphatic heterocycles. The minimum absolute atomic E-state index is 0.148. The van der Waals surface area contributed by atoms with Gasteiger partial charge in [0.25, 0.3) is 0 Å². The molecule has 0 atom stereocenters. The van der Waals surface area contributed by atoms with E-state index in [1.165, 1.54) is 77.9 Å². The van der Waals surface area contributed by atoms with Crippen molar-refractivity contribution in [1.29, 1.82) is 0 Å². The molecule has 0 unspecified atom stereocenters. The van der Waals surface area contributed by atoms with Gasteiger partial charge in [0.1, 0.15) is 11.2 Å². The molecule has 0 N–H and O–H groups in total. The van der Waals surface area contributed by atoms with Gasteiger partial charge in [-0.3, -0.25) is 0 Å². The number of fused-ring (bicyclic) bond motifs is 18. The van der Waals surface area contributed by atoms with Gasteiger partial charge in [0.2, 0.25) is 0 Å². The number of furan rings is 1. The maximum atomic E-state index is 6.38. The fraction of sp³-hybridized carbons (Fsp3) is 0.0690. The summed E-state index contributed by atoms with van der Waals surface area (Å²) in [6.07, 6.45) is 0. The lowest BCUT2D eigenvalue weighted by molar-refractivity contribution is 0.660. The maximum absolute atomic E-state index is 6.38. The van der Waals surface area contributed by atoms with Crippen molar-refractivity contribution in [1.82, 2.24) is 0 Å². The first kappa shape index (κ1) is 33.5. The fourth-order valence-corrected chi connectivity index (χ4v) is 11.3. The van der Waals surface area contributed by atoms with Crippen molar-refractivity contribution in [2.24, 2.45) is 0 Å². The Kier molecular flexibility index (Phi) is 6.74. The van der Waals surface area contributed by atoms with Gasteiger partial charge in [0.15, 0.2) is 0 Å². The summed E-state index contributed by atoms with van der Waals surface area (Å²) < 4.78 is 6.38. The Balaban J connectivity index is 1.11. The first-order chi connectivity index (χ1) is 29.5. The van der Waals surface area contributed by atoms with Gasteiger partial charge >= 0.3 is 0 Å². The summed E-state index contributed by atoms with van der Waals surface area (Å²) in [6, 6.07) is 74.6. The van der Waals surface area contributed by atoms with Crippen LogP contribution < -0.4 is 4.90 Å². The molecule has 0 saturated heterocycles. The molecule has 282 valence electrons. The number of hydrogen-bond donors (Lipinski definition) is 0. The molecule has 0 fully saturated rings. The molecular weight excluding hydrogens is 727 g/mol. The van der Waals surface area contributed by atoms with Crippen molar-refractivity contribution in [2.75, 3.05) is 4.90 Å². The molecule has 2 heteroatoms. The standard InChI is InChI=1S/C58H39NO/c1-57(2)49-22-10-5-19-43(49)45-30-27-37(34-53(45)57)59(36-29-32-56-48(33-36)47-21-9-14-26-55(47)60-56)38-28-31-46-44-20-8-13-25-52(44)58(54(46)35-38)50-23-11-6-17-41(50)39-15-3-4-16-40(39)42-18-7-12-24-51(42)58/h3-35H,1-2H3. The highest BCUT2D eigenvalue weighted by molar-refractivity contribution is 6.07. The monoisotopic (exact) mass is 765 g/mol. The number of para-hydroxylation sites is 1. The molecule has 0 amide bonds. The summed E-state index contributed by atoms with van der Waals surface area (Å²) in [6.45, 7) is 4.73. The number of benzene rings is 9. The van der Waals surface area contributed by atoms with Crippen LogP contribution in [-0.2, 0) is 10.8 Å². The zero-order valence-corrected chi connectivity index (χ0v) is 33.4. The third-order valence-corrected chi connectivity index (χ3v) is 13.9. The third kappa shape index (κ3) is 4.32. The first-order valence-electron chi connectivity index (χ1n) is 21.0. The van der Waals surface area contributed by atoms with E-state index < -0.39 is 5.41 Å². The average molecular weight is 766 g/mol. The molecule has 1 heterocycles. The number of rotatable bonds is 3. The number of anilines is 3. The van der Waals surface area contributed by atoms with E-state index in [0.29, 0.717) is 0 Å². The van der Waals surface area contributed by atoms with Crippen LogP contribution in [0, 0.1) is 0 Å². The van der Waals surface area contributed by atoms with E-state index in [2.05, 4.69) is 213 Å². The Labute approximate surface area is 349 Å². The lowest BCUT2D eigenvalue weighted by atomic mass is 9.66. The quantitative estimate of drug-likeness (QED) is 0.178. The van der Waals surface area contributed by atoms with Gasteiger partial charge in [-0.2, -0.15) is 0 Å². The van der Waals surface area contributed by atoms with Gasteiger partial charge in [-0.1, -0.05) is 166 Å². The summed E-state index contributed by atoms with van der Waals surface area (Å²) in [5, 5.41) is 2.23. The summed E-state index contributed by atoms with van der Waals surface area (Å²) in [5.41, 5.74) is 22.6. The van der Waals surface area contributed by atoms with Crippen LogP contribution in [0.25, 0.3) is 66.4 Å². The zero-order valence-electron chi connectivity index (χ0n) is 33.4. The third-order valence-electron chi connectivity index (χ3n) is 13.9. The van der Waals surface area contributed by atoms with Crippen molar-refractivity contribution >= 4 is 39.0 Å². The van der Waals surface area contributed by atoms with Crippen molar-refractivity contribution in [3.8, 4) is 44.5 Å². The molecule has 13 rings (SSSR count). The second kappa shape index (κ2) is 12.1. The average Bonchev–Trinajstić information content (AvgIpc) is 3.87. The molecule has 0 radical (unpaired) electrons. The largest absolute Gasteiger partial charge is 0.456 e. The summed E-state index contributed by atoms with van der Waals surface area (Å²) in [7, 11) is 0. The van der Waals surface area contributed by atoms with Gasteiger partial charge < -0.3 is 9.32 Å². The minimum Gasteiger partial charge on any atom is -0.456 e. The van der Waals surface area contributed by atoms with Crippen LogP contribution in [0.5, 0.6) is 0 Å². The van der Waals surface area contributed by atoms with Crippen LogP contribution in [0.3, 0.4) is 0 Å². The SMILES string of the molecule is CC1(C)c2ccccc2-c2ccc(N(c3ccc4c(c3)C3(c5ccccc5-c5ccccc5-c5ccccc53)c3ccccc3-4)c3ccc4oc5ccccc5c4c3)cc21. The second-order valence-electron chi connectivity index (χ2n) is 17.2. The minimum atomic E-state index is -0.577. The van der Waals surface area contributed by atoms with Gasteiger partial charge in [0, 0.05) is 33.2 Å². The fourth-order valence-electron chi connectivity index (χ4n) is 11.3. The zero-order chi connectivity index (χ0) is 39.7. The molecule has 2 nitrogen and oxygen atoms in total. The van der Waals surface area contributed by atoms with E-state index in [-0.39, 0.29) is 5.41 Å². The van der Waals surface area contributed by atoms with Gasteiger partial charge in [0.05, 0.1) is 5.41 Å². The van der Waals surface area contributed by atoms with Gasteiger partial charge in [-0.05, 0) is 126 Å². The van der Waals surface area contributed by atoms with E-state index in [0.717, 1.165) is 39.0 Å². The lowest BCUT2D eigenvalue weighted by Gasteiger charge is -2.36. The van der Waals surface area contributed by atoms with Crippen LogP contribution in [-0.4, -0.2) is 0 Å². The van der Waals surface area contributed by atoms with E-state index >= 15 is 0 Å². The van der Waals surface area contributed by atoms with Crippen molar-refractivity contribution in [3.05, 3.63) is 234 Å². The molecule has 1 spiro atoms. The molecule has 0 saturated carbocycles. The van der Waals surface area contributed by atoms with E-state index in [4.69, 9.17) is 4.42 Å². The van der Waals surface area contributed by atoms with E-state index in [1.54, 1.807) is 0 Å². The first-order valence-corrected chi connectivity index (χ1v) is 21.0. The molecule has 10 aromatic rings. The molecule has 60 heavy (non-hydrogen) atoms. The van der Waals surface area contributed by atoms with Crippen molar-refractivity contribution < 1.29 is 4.42 Å². The van der Waals surface area contributed by atoms with Crippen LogP contribution in [0.2, 0.25) is 0 Å². The van der Waals surface area contributed by atoms with Gasteiger partial charge in [-0.25, -0.2) is 0 Å². The molecule has 3 aliphatic carbocycles. The molecule has 1 aromatic heterocycles. The molecular formula is C58H39NO. The molecule has 9 aromatic carbocycles. The highest BCUT2D eigenvalue weighted by Crippen LogP contribution is 2.62. The second-order valence-corrected chi connectivity index (χ2v) is 17.2. The predicted octanol–water partition coefficient (Wildman–Crippen LogP) is 15.4. The highest BCUT2D eigenvalue weighted by atomic mass is 16.3. The Hall–Kier alpha value is -7.42. The highest BCUT2D eigenvalue weighted by Gasteiger charge is 2.50. The lowest BCUT2D eigenvalue weighted by Crippen LogP contribution is -2.29. The normalized spacial score (nSPS) is 14.4. The van der Waals surface area contributed by atoms with Crippen LogP contribution in [0.4, 0.5) is 17.1 Å². The number of nitrogens with zero attached hydrogens (tertiary/aromatic N) is 1. The Morgan fingerprint density at radius 3 is 1.33 bits per heavy atom. The predicted molar refractivity (Wildman–Crippen MR) is 248 cm³/mol. The molecule has 0 bridgehead atoms. The Bertz CT molecular complexity index is 3370. The maximum Gasteiger partial charge on any atom is 0.135 e. The van der Waals surface area contributed by atoms with Crippen LogP contribution >= 0.6 is 0 Å². The van der Waals surface area contributed by atoms with Crippen LogP contribution in [0.1, 0.15) is 47.2 Å². The van der Waals surface area contributed by atoms with E-state index in [1.807, 2.05) is 6.07 Å². The van der Waals surface area contributed by atoms with Gasteiger partial charge in [-0.15, -0.1) is 0 Å². The Morgan fingerprint density at radius 1 is 0.317 bits per heavy atom. The summed E-state index contributed by atoms with van der Waals surface area (Å²) in [5.74, 6) is 0. The number of hydrogen-bond acceptors (Lipinski definition) is 2.